The summed E-state index contributed by atoms with van der Waals surface area (Å²) in [4.78, 5) is 12.1. The van der Waals surface area contributed by atoms with Crippen molar-refractivity contribution in [3.05, 3.63) is 33.8 Å². The van der Waals surface area contributed by atoms with Gasteiger partial charge in [-0.2, -0.15) is 0 Å². The highest BCUT2D eigenvalue weighted by Gasteiger charge is 2.14. The van der Waals surface area contributed by atoms with Crippen LogP contribution in [0.25, 0.3) is 0 Å². The van der Waals surface area contributed by atoms with Crippen LogP contribution in [0.5, 0.6) is 0 Å². The van der Waals surface area contributed by atoms with Crippen molar-refractivity contribution < 1.29 is 4.79 Å². The number of nitrogens with one attached hydrogen (secondary N) is 1. The standard InChI is InChI=1S/C17H23Cl2NO/c18-15-10-8-13(12-16(15)19)9-11-17(21)20-14-6-4-2-1-3-5-7-14/h8,10,12,14H,1-7,9,11H2,(H,20,21). The SMILES string of the molecule is O=C(CCc1ccc(Cl)c(Cl)c1)NC1CCCCCCC1. The Labute approximate surface area is 137 Å². The van der Waals surface area contributed by atoms with Gasteiger partial charge >= 0.3 is 0 Å². The number of aryl methyl sites for hydroxylation is 1. The molecular weight excluding hydrogens is 305 g/mol. The second-order valence-corrected chi connectivity index (χ2v) is 6.67. The molecule has 116 valence electrons. The molecular formula is C17H23Cl2NO. The van der Waals surface area contributed by atoms with Crippen LogP contribution in [0.3, 0.4) is 0 Å². The third-order valence-electron chi connectivity index (χ3n) is 4.10. The van der Waals surface area contributed by atoms with Crippen molar-refractivity contribution in [2.75, 3.05) is 0 Å². The van der Waals surface area contributed by atoms with Crippen LogP contribution in [0, 0.1) is 0 Å². The van der Waals surface area contributed by atoms with Gasteiger partial charge in [0.15, 0.2) is 0 Å². The Morgan fingerprint density at radius 1 is 1.05 bits per heavy atom. The lowest BCUT2D eigenvalue weighted by molar-refractivity contribution is -0.121. The Bertz CT molecular complexity index is 468. The van der Waals surface area contributed by atoms with E-state index < -0.39 is 0 Å². The number of halogens is 2. The third kappa shape index (κ3) is 5.88. The maximum atomic E-state index is 12.1. The number of hydrogen-bond donors (Lipinski definition) is 1. The molecule has 1 amide bonds. The predicted molar refractivity (Wildman–Crippen MR) is 89.0 cm³/mol. The summed E-state index contributed by atoms with van der Waals surface area (Å²) in [6.45, 7) is 0. The van der Waals surface area contributed by atoms with E-state index in [0.29, 0.717) is 28.9 Å². The molecule has 0 aliphatic heterocycles. The average molecular weight is 328 g/mol. The van der Waals surface area contributed by atoms with E-state index in [2.05, 4.69) is 5.32 Å². The minimum absolute atomic E-state index is 0.145. The molecule has 2 rings (SSSR count). The van der Waals surface area contributed by atoms with Crippen molar-refractivity contribution in [3.63, 3.8) is 0 Å². The zero-order chi connectivity index (χ0) is 15.1. The van der Waals surface area contributed by atoms with Crippen LogP contribution in [0.2, 0.25) is 10.0 Å². The number of amides is 1. The van der Waals surface area contributed by atoms with Gasteiger partial charge in [0.1, 0.15) is 0 Å². The number of carbonyl (C=O) groups excluding carboxylic acids is 1. The number of rotatable bonds is 4. The van der Waals surface area contributed by atoms with E-state index in [1.165, 1.54) is 32.1 Å². The highest BCUT2D eigenvalue weighted by molar-refractivity contribution is 6.42. The highest BCUT2D eigenvalue weighted by atomic mass is 35.5. The van der Waals surface area contributed by atoms with E-state index in [-0.39, 0.29) is 5.91 Å². The summed E-state index contributed by atoms with van der Waals surface area (Å²) < 4.78 is 0. The summed E-state index contributed by atoms with van der Waals surface area (Å²) in [7, 11) is 0. The van der Waals surface area contributed by atoms with E-state index in [9.17, 15) is 4.79 Å². The molecule has 1 aromatic rings. The van der Waals surface area contributed by atoms with Crippen molar-refractivity contribution in [2.24, 2.45) is 0 Å². The average Bonchev–Trinajstić information content (AvgIpc) is 2.43. The number of benzene rings is 1. The molecule has 1 aliphatic rings. The summed E-state index contributed by atoms with van der Waals surface area (Å²) in [5.41, 5.74) is 1.05. The van der Waals surface area contributed by atoms with Crippen LogP contribution in [0.15, 0.2) is 18.2 Å². The Kier molecular flexibility index (Phi) is 6.85. The van der Waals surface area contributed by atoms with Gasteiger partial charge in [-0.05, 0) is 37.0 Å². The second kappa shape index (κ2) is 8.65. The smallest absolute Gasteiger partial charge is 0.220 e. The lowest BCUT2D eigenvalue weighted by Crippen LogP contribution is -2.35. The first kappa shape index (κ1) is 16.6. The summed E-state index contributed by atoms with van der Waals surface area (Å²) in [5.74, 6) is 0.145. The van der Waals surface area contributed by atoms with Crippen molar-refractivity contribution >= 4 is 29.1 Å². The molecule has 1 fully saturated rings. The molecule has 1 N–H and O–H groups in total. The van der Waals surface area contributed by atoms with Gasteiger partial charge in [0.25, 0.3) is 0 Å². The summed E-state index contributed by atoms with van der Waals surface area (Å²) >= 11 is 11.9. The van der Waals surface area contributed by atoms with Crippen molar-refractivity contribution in [2.45, 2.75) is 63.8 Å². The Morgan fingerprint density at radius 2 is 1.71 bits per heavy atom. The van der Waals surface area contributed by atoms with Gasteiger partial charge in [-0.1, -0.05) is 61.4 Å². The summed E-state index contributed by atoms with van der Waals surface area (Å²) in [6.07, 6.45) is 9.87. The van der Waals surface area contributed by atoms with Crippen LogP contribution in [-0.2, 0) is 11.2 Å². The largest absolute Gasteiger partial charge is 0.353 e. The van der Waals surface area contributed by atoms with Crippen LogP contribution in [0.1, 0.15) is 56.9 Å². The minimum atomic E-state index is 0.145. The quantitative estimate of drug-likeness (QED) is 0.813. The van der Waals surface area contributed by atoms with Crippen LogP contribution in [0.4, 0.5) is 0 Å². The van der Waals surface area contributed by atoms with E-state index in [1.54, 1.807) is 6.07 Å². The monoisotopic (exact) mass is 327 g/mol. The second-order valence-electron chi connectivity index (χ2n) is 5.86. The van der Waals surface area contributed by atoms with Crippen LogP contribution < -0.4 is 5.32 Å². The van der Waals surface area contributed by atoms with E-state index >= 15 is 0 Å². The Morgan fingerprint density at radius 3 is 2.38 bits per heavy atom. The van der Waals surface area contributed by atoms with Crippen molar-refractivity contribution in [3.8, 4) is 0 Å². The third-order valence-corrected chi connectivity index (χ3v) is 4.83. The molecule has 1 saturated carbocycles. The molecule has 0 heterocycles. The molecule has 0 atom stereocenters. The normalized spacial score (nSPS) is 17.0. The van der Waals surface area contributed by atoms with Gasteiger partial charge in [0.2, 0.25) is 5.91 Å². The van der Waals surface area contributed by atoms with Crippen molar-refractivity contribution in [1.82, 2.24) is 5.32 Å². The molecule has 0 saturated heterocycles. The number of hydrogen-bond acceptors (Lipinski definition) is 1. The molecule has 21 heavy (non-hydrogen) atoms. The molecule has 1 aromatic carbocycles. The van der Waals surface area contributed by atoms with Gasteiger partial charge in [-0.15, -0.1) is 0 Å². The lowest BCUT2D eigenvalue weighted by Gasteiger charge is -2.21. The number of carbonyl (C=O) groups is 1. The molecule has 0 unspecified atom stereocenters. The fourth-order valence-corrected chi connectivity index (χ4v) is 3.17. The molecule has 0 bridgehead atoms. The van der Waals surface area contributed by atoms with Crippen molar-refractivity contribution in [1.29, 1.82) is 0 Å². The molecule has 2 nitrogen and oxygen atoms in total. The molecule has 4 heteroatoms. The first-order chi connectivity index (χ1) is 10.1. The first-order valence-corrected chi connectivity index (χ1v) is 8.64. The van der Waals surface area contributed by atoms with E-state index in [1.807, 2.05) is 12.1 Å². The van der Waals surface area contributed by atoms with Gasteiger partial charge in [-0.25, -0.2) is 0 Å². The van der Waals surface area contributed by atoms with Crippen LogP contribution in [-0.4, -0.2) is 11.9 Å². The van der Waals surface area contributed by atoms with Gasteiger partial charge in [0.05, 0.1) is 10.0 Å². The summed E-state index contributed by atoms with van der Waals surface area (Å²) in [5, 5.41) is 4.29. The maximum Gasteiger partial charge on any atom is 0.220 e. The van der Waals surface area contributed by atoms with Gasteiger partial charge in [-0.3, -0.25) is 4.79 Å². The minimum Gasteiger partial charge on any atom is -0.353 e. The van der Waals surface area contributed by atoms with Crippen LogP contribution >= 0.6 is 23.2 Å². The fraction of sp³-hybridized carbons (Fsp3) is 0.588. The van der Waals surface area contributed by atoms with Gasteiger partial charge < -0.3 is 5.32 Å². The Hall–Kier alpha value is -0.730. The highest BCUT2D eigenvalue weighted by Crippen LogP contribution is 2.23. The van der Waals surface area contributed by atoms with E-state index in [0.717, 1.165) is 18.4 Å². The molecule has 0 radical (unpaired) electrons. The zero-order valence-corrected chi connectivity index (χ0v) is 13.8. The maximum absolute atomic E-state index is 12.1. The fourth-order valence-electron chi connectivity index (χ4n) is 2.85. The van der Waals surface area contributed by atoms with E-state index in [4.69, 9.17) is 23.2 Å². The summed E-state index contributed by atoms with van der Waals surface area (Å²) in [6, 6.07) is 5.92. The molecule has 0 spiro atoms. The predicted octanol–water partition coefficient (Wildman–Crippen LogP) is 5.16. The Balaban J connectivity index is 1.76. The van der Waals surface area contributed by atoms with Gasteiger partial charge in [0, 0.05) is 12.5 Å². The molecule has 0 aromatic heterocycles. The lowest BCUT2D eigenvalue weighted by atomic mass is 9.96. The zero-order valence-electron chi connectivity index (χ0n) is 12.3. The topological polar surface area (TPSA) is 29.1 Å². The molecule has 1 aliphatic carbocycles. The first-order valence-electron chi connectivity index (χ1n) is 7.88.